The number of hydrogen-bond acceptors (Lipinski definition) is 4. The molecule has 6 nitrogen and oxygen atoms in total. The summed E-state index contributed by atoms with van der Waals surface area (Å²) in [5.74, 6) is -0.376. The zero-order chi connectivity index (χ0) is 18.0. The van der Waals surface area contributed by atoms with Crippen molar-refractivity contribution >= 4 is 11.6 Å². The molecule has 3 rings (SSSR count). The maximum Gasteiger partial charge on any atom is 0.416 e. The minimum Gasteiger partial charge on any atom is -0.319 e. The number of anilines is 1. The van der Waals surface area contributed by atoms with Gasteiger partial charge in [-0.05, 0) is 37.3 Å². The van der Waals surface area contributed by atoms with Crippen LogP contribution in [0.5, 0.6) is 0 Å². The van der Waals surface area contributed by atoms with Crippen molar-refractivity contribution in [2.24, 2.45) is 0 Å². The minimum absolute atomic E-state index is 0.372. The summed E-state index contributed by atoms with van der Waals surface area (Å²) in [6.07, 6.45) is -0.0737. The molecule has 0 unspecified atom stereocenters. The molecule has 9 heteroatoms. The molecule has 0 aliphatic rings. The summed E-state index contributed by atoms with van der Waals surface area (Å²) in [6, 6.07) is 6.09. The number of nitrogens with one attached hydrogen (secondary N) is 1. The first-order valence-electron chi connectivity index (χ1n) is 7.16. The van der Waals surface area contributed by atoms with Gasteiger partial charge in [0.05, 0.1) is 46.8 Å². The summed E-state index contributed by atoms with van der Waals surface area (Å²) < 4.78 is 39.1. The number of carbonyl (C=O) groups excluding carboxylic acids is 1. The van der Waals surface area contributed by atoms with Crippen molar-refractivity contribution in [3.05, 3.63) is 65.7 Å². The van der Waals surface area contributed by atoms with Crippen LogP contribution in [0.1, 0.15) is 21.6 Å². The van der Waals surface area contributed by atoms with Crippen molar-refractivity contribution in [2.45, 2.75) is 13.1 Å². The third kappa shape index (κ3) is 3.65. The van der Waals surface area contributed by atoms with Gasteiger partial charge in [-0.15, -0.1) is 0 Å². The predicted molar refractivity (Wildman–Crippen MR) is 83.3 cm³/mol. The molecule has 25 heavy (non-hydrogen) atoms. The highest BCUT2D eigenvalue weighted by Gasteiger charge is 2.30. The number of carbonyl (C=O) groups is 1. The Morgan fingerprint density at radius 2 is 1.88 bits per heavy atom. The van der Waals surface area contributed by atoms with Gasteiger partial charge in [0.25, 0.3) is 5.91 Å². The smallest absolute Gasteiger partial charge is 0.319 e. The molecule has 0 fully saturated rings. The van der Waals surface area contributed by atoms with E-state index in [0.717, 1.165) is 12.1 Å². The quantitative estimate of drug-likeness (QED) is 0.789. The predicted octanol–water partition coefficient (Wildman–Crippen LogP) is 3.24. The monoisotopic (exact) mass is 347 g/mol. The molecule has 0 bridgehead atoms. The van der Waals surface area contributed by atoms with Gasteiger partial charge < -0.3 is 5.32 Å². The van der Waals surface area contributed by atoms with E-state index >= 15 is 0 Å². The Balaban J connectivity index is 1.76. The molecule has 0 saturated heterocycles. The lowest BCUT2D eigenvalue weighted by Gasteiger charge is -2.07. The van der Waals surface area contributed by atoms with Crippen molar-refractivity contribution in [1.82, 2.24) is 20.0 Å². The van der Waals surface area contributed by atoms with Crippen LogP contribution in [-0.4, -0.2) is 25.9 Å². The molecule has 128 valence electrons. The van der Waals surface area contributed by atoms with E-state index in [2.05, 4.69) is 20.6 Å². The molecule has 0 aliphatic carbocycles. The lowest BCUT2D eigenvalue weighted by molar-refractivity contribution is -0.137. The molecule has 0 saturated carbocycles. The highest BCUT2D eigenvalue weighted by molar-refractivity contribution is 6.04. The minimum atomic E-state index is -4.39. The van der Waals surface area contributed by atoms with Crippen LogP contribution in [0, 0.1) is 6.92 Å². The Kier molecular flexibility index (Phi) is 4.22. The molecule has 2 aromatic heterocycles. The number of hydrogen-bond donors (Lipinski definition) is 1. The van der Waals surface area contributed by atoms with Gasteiger partial charge in [0.2, 0.25) is 0 Å². The Labute approximate surface area is 140 Å². The Hall–Kier alpha value is -3.23. The molecular formula is C16H12F3N5O. The van der Waals surface area contributed by atoms with E-state index in [9.17, 15) is 18.0 Å². The van der Waals surface area contributed by atoms with Gasteiger partial charge in [-0.25, -0.2) is 4.68 Å². The topological polar surface area (TPSA) is 72.7 Å². The molecule has 1 N–H and O–H groups in total. The fraction of sp³-hybridized carbons (Fsp3) is 0.125. The van der Waals surface area contributed by atoms with Gasteiger partial charge in [-0.1, -0.05) is 0 Å². The third-order valence-corrected chi connectivity index (χ3v) is 3.45. The lowest BCUT2D eigenvalue weighted by Crippen LogP contribution is -2.14. The van der Waals surface area contributed by atoms with E-state index in [4.69, 9.17) is 0 Å². The summed E-state index contributed by atoms with van der Waals surface area (Å²) in [4.78, 5) is 12.2. The largest absolute Gasteiger partial charge is 0.416 e. The van der Waals surface area contributed by atoms with Crippen LogP contribution in [0.2, 0.25) is 0 Å². The zero-order valence-electron chi connectivity index (χ0n) is 12.9. The van der Waals surface area contributed by atoms with Crippen LogP contribution in [0.15, 0.2) is 48.9 Å². The van der Waals surface area contributed by atoms with Crippen molar-refractivity contribution in [3.63, 3.8) is 0 Å². The van der Waals surface area contributed by atoms with Gasteiger partial charge in [-0.3, -0.25) is 4.79 Å². The number of aryl methyl sites for hydroxylation is 1. The maximum absolute atomic E-state index is 12.6. The maximum atomic E-state index is 12.6. The van der Waals surface area contributed by atoms with Crippen molar-refractivity contribution in [1.29, 1.82) is 0 Å². The Bertz CT molecular complexity index is 903. The summed E-state index contributed by atoms with van der Waals surface area (Å²) in [5.41, 5.74) is 0.960. The van der Waals surface area contributed by atoms with E-state index in [0.29, 0.717) is 22.6 Å². The van der Waals surface area contributed by atoms with Crippen LogP contribution in [0.25, 0.3) is 5.69 Å². The van der Waals surface area contributed by atoms with Crippen LogP contribution in [0.4, 0.5) is 18.9 Å². The van der Waals surface area contributed by atoms with Crippen molar-refractivity contribution in [2.75, 3.05) is 5.32 Å². The Morgan fingerprint density at radius 3 is 2.52 bits per heavy atom. The average Bonchev–Trinajstić information content (AvgIpc) is 3.03. The van der Waals surface area contributed by atoms with Gasteiger partial charge in [0.15, 0.2) is 0 Å². The first-order valence-corrected chi connectivity index (χ1v) is 7.16. The molecule has 2 heterocycles. The standard InChI is InChI=1S/C16H12F3N5O/c1-10-14(6-7-20-23-10)15(25)22-12-8-21-24(9-12)13-4-2-11(3-5-13)16(17,18)19/h2-9H,1H3,(H,22,25). The van der Waals surface area contributed by atoms with Gasteiger partial charge in [0.1, 0.15) is 0 Å². The number of rotatable bonds is 3. The van der Waals surface area contributed by atoms with Crippen LogP contribution < -0.4 is 5.32 Å². The van der Waals surface area contributed by atoms with E-state index in [1.54, 1.807) is 6.92 Å². The fourth-order valence-corrected chi connectivity index (χ4v) is 2.17. The lowest BCUT2D eigenvalue weighted by atomic mass is 10.2. The molecular weight excluding hydrogens is 335 g/mol. The summed E-state index contributed by atoms with van der Waals surface area (Å²) in [7, 11) is 0. The van der Waals surface area contributed by atoms with E-state index in [1.807, 2.05) is 0 Å². The molecule has 1 amide bonds. The molecule has 0 aliphatic heterocycles. The number of halogens is 3. The van der Waals surface area contributed by atoms with E-state index < -0.39 is 11.7 Å². The Morgan fingerprint density at radius 1 is 1.16 bits per heavy atom. The number of amides is 1. The number of nitrogens with zero attached hydrogens (tertiary/aromatic N) is 4. The number of aromatic nitrogens is 4. The number of alkyl halides is 3. The van der Waals surface area contributed by atoms with Gasteiger partial charge in [0, 0.05) is 0 Å². The number of benzene rings is 1. The van der Waals surface area contributed by atoms with Gasteiger partial charge in [-0.2, -0.15) is 28.5 Å². The van der Waals surface area contributed by atoms with Crippen molar-refractivity contribution in [3.8, 4) is 5.69 Å². The highest BCUT2D eigenvalue weighted by Crippen LogP contribution is 2.29. The second-order valence-corrected chi connectivity index (χ2v) is 5.20. The fourth-order valence-electron chi connectivity index (χ4n) is 2.17. The first-order chi connectivity index (χ1) is 11.8. The third-order valence-electron chi connectivity index (χ3n) is 3.45. The average molecular weight is 347 g/mol. The van der Waals surface area contributed by atoms with Crippen LogP contribution in [0.3, 0.4) is 0 Å². The van der Waals surface area contributed by atoms with Gasteiger partial charge >= 0.3 is 6.18 Å². The molecule has 3 aromatic rings. The highest BCUT2D eigenvalue weighted by atomic mass is 19.4. The van der Waals surface area contributed by atoms with Crippen LogP contribution >= 0.6 is 0 Å². The molecule has 0 atom stereocenters. The molecule has 0 radical (unpaired) electrons. The SMILES string of the molecule is Cc1nnccc1C(=O)Nc1cnn(-c2ccc(C(F)(F)F)cc2)c1. The van der Waals surface area contributed by atoms with E-state index in [-0.39, 0.29) is 5.91 Å². The summed E-state index contributed by atoms with van der Waals surface area (Å²) in [6.45, 7) is 1.66. The molecule has 0 spiro atoms. The van der Waals surface area contributed by atoms with E-state index in [1.165, 1.54) is 41.5 Å². The summed E-state index contributed by atoms with van der Waals surface area (Å²) >= 11 is 0. The molecule has 1 aromatic carbocycles. The normalized spacial score (nSPS) is 11.4. The zero-order valence-corrected chi connectivity index (χ0v) is 12.9. The first kappa shape index (κ1) is 16.6. The van der Waals surface area contributed by atoms with Crippen molar-refractivity contribution < 1.29 is 18.0 Å². The van der Waals surface area contributed by atoms with Crippen LogP contribution in [-0.2, 0) is 6.18 Å². The summed E-state index contributed by atoms with van der Waals surface area (Å²) in [5, 5.41) is 14.2. The second kappa shape index (κ2) is 6.34. The second-order valence-electron chi connectivity index (χ2n) is 5.20.